The highest BCUT2D eigenvalue weighted by atomic mass is 127. The van der Waals surface area contributed by atoms with E-state index >= 15 is 0 Å². The van der Waals surface area contributed by atoms with E-state index in [4.69, 9.17) is 4.99 Å². The molecule has 2 rings (SSSR count). The van der Waals surface area contributed by atoms with Gasteiger partial charge in [0.1, 0.15) is 0 Å². The first-order valence-electron chi connectivity index (χ1n) is 9.10. The van der Waals surface area contributed by atoms with Crippen LogP contribution in [0.4, 0.5) is 0 Å². The second kappa shape index (κ2) is 12.3. The van der Waals surface area contributed by atoms with Crippen molar-refractivity contribution in [1.82, 2.24) is 20.1 Å². The number of hydrogen-bond acceptors (Lipinski definition) is 4. The Kier molecular flexibility index (Phi) is 10.9. The molecule has 0 spiro atoms. The van der Waals surface area contributed by atoms with E-state index in [1.165, 1.54) is 5.56 Å². The van der Waals surface area contributed by atoms with Crippen molar-refractivity contribution in [2.75, 3.05) is 34.2 Å². The van der Waals surface area contributed by atoms with Crippen LogP contribution in [0.3, 0.4) is 0 Å². The number of thiazole rings is 1. The molecule has 0 radical (unpaired) electrons. The van der Waals surface area contributed by atoms with Crippen LogP contribution >= 0.6 is 35.3 Å². The van der Waals surface area contributed by atoms with Crippen LogP contribution in [-0.4, -0.2) is 61.0 Å². The molecule has 0 fully saturated rings. The third kappa shape index (κ3) is 8.15. The second-order valence-electron chi connectivity index (χ2n) is 6.72. The molecule has 0 bridgehead atoms. The Bertz CT molecular complexity index is 687. The van der Waals surface area contributed by atoms with E-state index in [9.17, 15) is 0 Å². The SMILES string of the molecule is CCNC(=NCC(Cc1ccccc1)N(C)C)N(C)Cc1csc(C)n1.I. The molecule has 0 amide bonds. The van der Waals surface area contributed by atoms with Gasteiger partial charge >= 0.3 is 0 Å². The summed E-state index contributed by atoms with van der Waals surface area (Å²) in [6.07, 6.45) is 0.992. The Labute approximate surface area is 184 Å². The lowest BCUT2D eigenvalue weighted by atomic mass is 10.1. The molecule has 27 heavy (non-hydrogen) atoms. The van der Waals surface area contributed by atoms with Gasteiger partial charge in [-0.3, -0.25) is 4.99 Å². The maximum absolute atomic E-state index is 4.90. The number of aromatic nitrogens is 1. The normalized spacial score (nSPS) is 12.6. The summed E-state index contributed by atoms with van der Waals surface area (Å²) in [5.74, 6) is 0.929. The van der Waals surface area contributed by atoms with Crippen LogP contribution in [0.1, 0.15) is 23.2 Å². The largest absolute Gasteiger partial charge is 0.357 e. The van der Waals surface area contributed by atoms with Gasteiger partial charge in [-0.25, -0.2) is 4.98 Å². The molecular formula is C20H32IN5S. The molecule has 1 aromatic carbocycles. The number of nitrogens with zero attached hydrogens (tertiary/aromatic N) is 4. The van der Waals surface area contributed by atoms with Gasteiger partial charge in [-0.05, 0) is 39.9 Å². The van der Waals surface area contributed by atoms with Gasteiger partial charge in [0.15, 0.2) is 5.96 Å². The number of hydrogen-bond donors (Lipinski definition) is 1. The predicted molar refractivity (Wildman–Crippen MR) is 127 cm³/mol. The summed E-state index contributed by atoms with van der Waals surface area (Å²) in [5, 5.41) is 6.62. The molecule has 0 saturated heterocycles. The smallest absolute Gasteiger partial charge is 0.194 e. The quantitative estimate of drug-likeness (QED) is 0.341. The van der Waals surface area contributed by atoms with Crippen molar-refractivity contribution in [3.63, 3.8) is 0 Å². The third-order valence-corrected chi connectivity index (χ3v) is 5.08. The lowest BCUT2D eigenvalue weighted by Gasteiger charge is -2.25. The number of benzene rings is 1. The van der Waals surface area contributed by atoms with Crippen LogP contribution in [0, 0.1) is 6.92 Å². The van der Waals surface area contributed by atoms with Crippen LogP contribution < -0.4 is 5.32 Å². The number of rotatable bonds is 8. The molecule has 150 valence electrons. The van der Waals surface area contributed by atoms with Crippen molar-refractivity contribution in [1.29, 1.82) is 0 Å². The molecule has 0 saturated carbocycles. The average Bonchev–Trinajstić information content (AvgIpc) is 3.02. The van der Waals surface area contributed by atoms with Crippen LogP contribution in [0.25, 0.3) is 0 Å². The van der Waals surface area contributed by atoms with Gasteiger partial charge < -0.3 is 15.1 Å². The number of likely N-dealkylation sites (N-methyl/N-ethyl adjacent to an activating group) is 1. The van der Waals surface area contributed by atoms with Gasteiger partial charge in [0.25, 0.3) is 0 Å². The first-order chi connectivity index (χ1) is 12.5. The van der Waals surface area contributed by atoms with Crippen molar-refractivity contribution in [2.24, 2.45) is 4.99 Å². The molecule has 2 aromatic rings. The van der Waals surface area contributed by atoms with E-state index in [0.29, 0.717) is 6.04 Å². The van der Waals surface area contributed by atoms with Gasteiger partial charge in [-0.2, -0.15) is 0 Å². The van der Waals surface area contributed by atoms with Gasteiger partial charge in [0, 0.05) is 25.0 Å². The topological polar surface area (TPSA) is 43.8 Å². The Morgan fingerprint density at radius 3 is 2.48 bits per heavy atom. The maximum Gasteiger partial charge on any atom is 0.194 e. The fraction of sp³-hybridized carbons (Fsp3) is 0.500. The summed E-state index contributed by atoms with van der Waals surface area (Å²) < 4.78 is 0. The Hall–Kier alpha value is -1.19. The first-order valence-corrected chi connectivity index (χ1v) is 9.98. The van der Waals surface area contributed by atoms with Crippen LogP contribution in [0.5, 0.6) is 0 Å². The minimum atomic E-state index is 0. The van der Waals surface area contributed by atoms with E-state index in [1.807, 2.05) is 6.92 Å². The highest BCUT2D eigenvalue weighted by molar-refractivity contribution is 14.0. The molecule has 1 heterocycles. The monoisotopic (exact) mass is 501 g/mol. The molecule has 1 aromatic heterocycles. The summed E-state index contributed by atoms with van der Waals surface area (Å²) >= 11 is 1.69. The van der Waals surface area contributed by atoms with E-state index in [2.05, 4.69) is 83.9 Å². The Morgan fingerprint density at radius 1 is 1.22 bits per heavy atom. The van der Waals surface area contributed by atoms with Crippen molar-refractivity contribution < 1.29 is 0 Å². The van der Waals surface area contributed by atoms with Crippen LogP contribution in [0.2, 0.25) is 0 Å². The summed E-state index contributed by atoms with van der Waals surface area (Å²) in [7, 11) is 6.31. The van der Waals surface area contributed by atoms with Gasteiger partial charge in [-0.15, -0.1) is 35.3 Å². The molecule has 5 nitrogen and oxygen atoms in total. The van der Waals surface area contributed by atoms with Crippen molar-refractivity contribution >= 4 is 41.3 Å². The zero-order valence-electron chi connectivity index (χ0n) is 17.0. The fourth-order valence-corrected chi connectivity index (χ4v) is 3.36. The summed E-state index contributed by atoms with van der Waals surface area (Å²) in [6, 6.07) is 11.0. The fourth-order valence-electron chi connectivity index (χ4n) is 2.76. The van der Waals surface area contributed by atoms with E-state index in [1.54, 1.807) is 11.3 Å². The van der Waals surface area contributed by atoms with Crippen LogP contribution in [-0.2, 0) is 13.0 Å². The summed E-state index contributed by atoms with van der Waals surface area (Å²) in [5.41, 5.74) is 2.44. The standard InChI is InChI=1S/C20H31N5S.HI/c1-6-21-20(25(5)14-18-15-26-16(2)23-18)22-13-19(24(3)4)12-17-10-8-7-9-11-17;/h7-11,15,19H,6,12-14H2,1-5H3,(H,21,22);1H. The second-order valence-corrected chi connectivity index (χ2v) is 7.78. The van der Waals surface area contributed by atoms with Crippen LogP contribution in [0.15, 0.2) is 40.7 Å². The first kappa shape index (κ1) is 23.8. The summed E-state index contributed by atoms with van der Waals surface area (Å²) in [6.45, 7) is 6.51. The van der Waals surface area contributed by atoms with Crippen molar-refractivity contribution in [3.8, 4) is 0 Å². The van der Waals surface area contributed by atoms with Gasteiger partial charge in [0.2, 0.25) is 0 Å². The van der Waals surface area contributed by atoms with E-state index < -0.39 is 0 Å². The molecule has 0 aliphatic rings. The zero-order valence-corrected chi connectivity index (χ0v) is 20.1. The number of guanidine groups is 1. The van der Waals surface area contributed by atoms with E-state index in [-0.39, 0.29) is 24.0 Å². The highest BCUT2D eigenvalue weighted by Crippen LogP contribution is 2.11. The molecule has 1 unspecified atom stereocenters. The minimum absolute atomic E-state index is 0. The Morgan fingerprint density at radius 2 is 1.93 bits per heavy atom. The van der Waals surface area contributed by atoms with E-state index in [0.717, 1.165) is 42.7 Å². The zero-order chi connectivity index (χ0) is 18.9. The number of aryl methyl sites for hydroxylation is 1. The Balaban J connectivity index is 0.00000364. The van der Waals surface area contributed by atoms with Gasteiger partial charge in [-0.1, -0.05) is 30.3 Å². The molecule has 1 atom stereocenters. The maximum atomic E-state index is 4.90. The minimum Gasteiger partial charge on any atom is -0.357 e. The molecule has 0 aliphatic heterocycles. The lowest BCUT2D eigenvalue weighted by Crippen LogP contribution is -2.40. The summed E-state index contributed by atoms with van der Waals surface area (Å²) in [4.78, 5) is 13.9. The molecule has 1 N–H and O–H groups in total. The highest BCUT2D eigenvalue weighted by Gasteiger charge is 2.14. The molecule has 7 heteroatoms. The predicted octanol–water partition coefficient (Wildman–Crippen LogP) is 3.64. The number of nitrogens with one attached hydrogen (secondary N) is 1. The molecular weight excluding hydrogens is 469 g/mol. The lowest BCUT2D eigenvalue weighted by molar-refractivity contribution is 0.297. The number of aliphatic imine (C=N–C) groups is 1. The van der Waals surface area contributed by atoms with Gasteiger partial charge in [0.05, 0.1) is 23.8 Å². The number of halogens is 1. The molecule has 0 aliphatic carbocycles. The van der Waals surface area contributed by atoms with Crippen molar-refractivity contribution in [2.45, 2.75) is 32.9 Å². The van der Waals surface area contributed by atoms with Crippen molar-refractivity contribution in [3.05, 3.63) is 52.0 Å². The average molecular weight is 501 g/mol. The third-order valence-electron chi connectivity index (χ3n) is 4.26.